The second-order valence-electron chi connectivity index (χ2n) is 2.40. The zero-order valence-corrected chi connectivity index (χ0v) is 6.52. The molecule has 0 saturated carbocycles. The maximum Gasteiger partial charge on any atom is 0.0161 e. The van der Waals surface area contributed by atoms with Gasteiger partial charge >= 0.3 is 0 Å². The number of rotatable bonds is 2. The number of hydrogen-bond acceptors (Lipinski definition) is 0. The summed E-state index contributed by atoms with van der Waals surface area (Å²) < 4.78 is 0. The molecular formula is C10H12. The second kappa shape index (κ2) is 3.40. The van der Waals surface area contributed by atoms with E-state index in [0.717, 1.165) is 6.42 Å². The van der Waals surface area contributed by atoms with E-state index in [0.29, 0.717) is 0 Å². The topological polar surface area (TPSA) is 0 Å². The highest BCUT2D eigenvalue weighted by atomic mass is 13.9. The van der Waals surface area contributed by atoms with Crippen molar-refractivity contribution in [2.45, 2.75) is 20.3 Å². The summed E-state index contributed by atoms with van der Waals surface area (Å²) in [5.74, 6) is 0. The van der Waals surface area contributed by atoms with Gasteiger partial charge in [-0.05, 0) is 18.9 Å². The Morgan fingerprint density at radius 3 is 2.30 bits per heavy atom. The Kier molecular flexibility index (Phi) is 2.49. The zero-order valence-electron chi connectivity index (χ0n) is 6.52. The fourth-order valence-corrected chi connectivity index (χ4v) is 0.876. The van der Waals surface area contributed by atoms with Crippen LogP contribution in [0.15, 0.2) is 24.3 Å². The molecule has 0 aromatic heterocycles. The highest BCUT2D eigenvalue weighted by Gasteiger charge is 1.89. The van der Waals surface area contributed by atoms with Crippen LogP contribution in [-0.4, -0.2) is 0 Å². The van der Waals surface area contributed by atoms with E-state index in [1.165, 1.54) is 11.1 Å². The van der Waals surface area contributed by atoms with Crippen molar-refractivity contribution in [1.82, 2.24) is 0 Å². The molecule has 10 heavy (non-hydrogen) atoms. The molecular weight excluding hydrogens is 120 g/mol. The van der Waals surface area contributed by atoms with Crippen LogP contribution in [0.3, 0.4) is 0 Å². The van der Waals surface area contributed by atoms with Gasteiger partial charge in [0, 0.05) is 6.42 Å². The molecule has 0 saturated heterocycles. The van der Waals surface area contributed by atoms with Gasteiger partial charge in [-0.15, -0.1) is 0 Å². The van der Waals surface area contributed by atoms with E-state index in [1.807, 2.05) is 0 Å². The van der Waals surface area contributed by atoms with Crippen molar-refractivity contribution in [3.63, 3.8) is 0 Å². The van der Waals surface area contributed by atoms with E-state index >= 15 is 0 Å². The van der Waals surface area contributed by atoms with Crippen LogP contribution in [0.2, 0.25) is 0 Å². The van der Waals surface area contributed by atoms with Gasteiger partial charge in [0.15, 0.2) is 0 Å². The van der Waals surface area contributed by atoms with E-state index in [-0.39, 0.29) is 0 Å². The Morgan fingerprint density at radius 1 is 1.20 bits per heavy atom. The van der Waals surface area contributed by atoms with Crippen molar-refractivity contribution in [1.29, 1.82) is 0 Å². The first-order valence-corrected chi connectivity index (χ1v) is 3.63. The fraction of sp³-hybridized carbons (Fsp3) is 0.300. The Hall–Kier alpha value is -0.780. The predicted octanol–water partition coefficient (Wildman–Crippen LogP) is 2.83. The van der Waals surface area contributed by atoms with Gasteiger partial charge in [0.1, 0.15) is 0 Å². The molecule has 0 amide bonds. The van der Waals surface area contributed by atoms with Gasteiger partial charge in [-0.1, -0.05) is 36.8 Å². The zero-order chi connectivity index (χ0) is 7.40. The lowest BCUT2D eigenvalue weighted by Gasteiger charge is -1.96. The molecule has 0 atom stereocenters. The minimum absolute atomic E-state index is 0.989. The smallest absolute Gasteiger partial charge is 0.0161 e. The number of hydrogen-bond donors (Lipinski definition) is 0. The first-order valence-electron chi connectivity index (χ1n) is 3.63. The molecule has 0 nitrogen and oxygen atoms in total. The standard InChI is InChI=1S/C10H12/c1-3-4-10-7-5-9(2)6-8-10/h5-8H,3H2,1-2H3. The summed E-state index contributed by atoms with van der Waals surface area (Å²) in [5.41, 5.74) is 2.51. The molecule has 2 radical (unpaired) electrons. The lowest BCUT2D eigenvalue weighted by atomic mass is 10.1. The summed E-state index contributed by atoms with van der Waals surface area (Å²) in [4.78, 5) is 0. The number of benzene rings is 1. The van der Waals surface area contributed by atoms with Gasteiger partial charge < -0.3 is 0 Å². The molecule has 0 aliphatic heterocycles. The van der Waals surface area contributed by atoms with Crippen molar-refractivity contribution in [2.24, 2.45) is 0 Å². The third kappa shape index (κ3) is 1.87. The molecule has 0 N–H and O–H groups in total. The maximum atomic E-state index is 3.23. The molecule has 0 spiro atoms. The van der Waals surface area contributed by atoms with Crippen LogP contribution >= 0.6 is 0 Å². The first kappa shape index (κ1) is 7.33. The highest BCUT2D eigenvalue weighted by molar-refractivity contribution is 5.26. The molecule has 0 unspecified atom stereocenters. The summed E-state index contributed by atoms with van der Waals surface area (Å²) in [6, 6.07) is 8.41. The Bertz CT molecular complexity index is 184. The van der Waals surface area contributed by atoms with Crippen molar-refractivity contribution < 1.29 is 0 Å². The van der Waals surface area contributed by atoms with Crippen molar-refractivity contribution in [3.05, 3.63) is 41.8 Å². The number of aryl methyl sites for hydroxylation is 1. The van der Waals surface area contributed by atoms with E-state index in [2.05, 4.69) is 44.5 Å². The Morgan fingerprint density at radius 2 is 1.80 bits per heavy atom. The van der Waals surface area contributed by atoms with Crippen molar-refractivity contribution in [2.75, 3.05) is 0 Å². The normalized spacial score (nSPS) is 9.80. The molecule has 0 fully saturated rings. The highest BCUT2D eigenvalue weighted by Crippen LogP contribution is 2.06. The van der Waals surface area contributed by atoms with Gasteiger partial charge in [0.25, 0.3) is 0 Å². The molecule has 52 valence electrons. The summed E-state index contributed by atoms with van der Waals surface area (Å²) >= 11 is 0. The van der Waals surface area contributed by atoms with E-state index in [9.17, 15) is 0 Å². The lowest BCUT2D eigenvalue weighted by molar-refractivity contribution is 1.12. The van der Waals surface area contributed by atoms with Crippen LogP contribution in [0, 0.1) is 13.3 Å². The minimum Gasteiger partial charge on any atom is -0.0645 e. The van der Waals surface area contributed by atoms with Gasteiger partial charge in [-0.2, -0.15) is 0 Å². The van der Waals surface area contributed by atoms with E-state index in [4.69, 9.17) is 0 Å². The maximum absolute atomic E-state index is 3.23. The third-order valence-electron chi connectivity index (χ3n) is 1.43. The molecule has 0 bridgehead atoms. The molecule has 0 heteroatoms. The van der Waals surface area contributed by atoms with Gasteiger partial charge in [0.05, 0.1) is 0 Å². The molecule has 0 aliphatic rings. The minimum atomic E-state index is 0.989. The first-order chi connectivity index (χ1) is 4.83. The van der Waals surface area contributed by atoms with Crippen LogP contribution in [0.1, 0.15) is 24.5 Å². The van der Waals surface area contributed by atoms with Crippen molar-refractivity contribution in [3.8, 4) is 0 Å². The lowest BCUT2D eigenvalue weighted by Crippen LogP contribution is -1.78. The van der Waals surface area contributed by atoms with Gasteiger partial charge in [0.2, 0.25) is 0 Å². The quantitative estimate of drug-likeness (QED) is 0.580. The summed E-state index contributed by atoms with van der Waals surface area (Å²) in [6.45, 7) is 4.19. The monoisotopic (exact) mass is 132 g/mol. The summed E-state index contributed by atoms with van der Waals surface area (Å²) in [7, 11) is 0. The van der Waals surface area contributed by atoms with Crippen LogP contribution in [0.25, 0.3) is 0 Å². The average Bonchev–Trinajstić information content (AvgIpc) is 1.95. The largest absolute Gasteiger partial charge is 0.0645 e. The fourth-order valence-electron chi connectivity index (χ4n) is 0.876. The van der Waals surface area contributed by atoms with Crippen LogP contribution in [0.5, 0.6) is 0 Å². The van der Waals surface area contributed by atoms with E-state index in [1.54, 1.807) is 0 Å². The Labute approximate surface area is 62.9 Å². The predicted molar refractivity (Wildman–Crippen MR) is 43.8 cm³/mol. The average molecular weight is 132 g/mol. The van der Waals surface area contributed by atoms with Crippen LogP contribution in [-0.2, 0) is 0 Å². The van der Waals surface area contributed by atoms with Crippen molar-refractivity contribution >= 4 is 0 Å². The van der Waals surface area contributed by atoms with Crippen LogP contribution < -0.4 is 0 Å². The Balaban J connectivity index is 2.69. The third-order valence-corrected chi connectivity index (χ3v) is 1.43. The summed E-state index contributed by atoms with van der Waals surface area (Å²) in [5, 5.41) is 0. The van der Waals surface area contributed by atoms with Crippen LogP contribution in [0.4, 0.5) is 0 Å². The van der Waals surface area contributed by atoms with Gasteiger partial charge in [-0.3, -0.25) is 0 Å². The molecule has 0 heterocycles. The van der Waals surface area contributed by atoms with Gasteiger partial charge in [-0.25, -0.2) is 0 Å². The molecule has 1 aromatic rings. The molecule has 1 rings (SSSR count). The molecule has 1 aromatic carbocycles. The second-order valence-corrected chi connectivity index (χ2v) is 2.40. The molecule has 0 aliphatic carbocycles. The summed E-state index contributed by atoms with van der Waals surface area (Å²) in [6.07, 6.45) is 4.22. The SMILES string of the molecule is CC[C]c1ccc(C)cc1. The van der Waals surface area contributed by atoms with E-state index < -0.39 is 0 Å².